The molecule has 0 radical (unpaired) electrons. The minimum Gasteiger partial charge on any atom is -0.454 e. The molecule has 3 heterocycles. The van der Waals surface area contributed by atoms with Crippen LogP contribution < -0.4 is 20.6 Å². The highest BCUT2D eigenvalue weighted by Crippen LogP contribution is 2.53. The molecule has 2 aliphatic heterocycles. The summed E-state index contributed by atoms with van der Waals surface area (Å²) < 4.78 is 6.74. The molecule has 0 unspecified atom stereocenters. The Labute approximate surface area is 331 Å². The van der Waals surface area contributed by atoms with Crippen LogP contribution in [0.5, 0.6) is 0 Å². The van der Waals surface area contributed by atoms with E-state index in [0.29, 0.717) is 5.92 Å². The van der Waals surface area contributed by atoms with Gasteiger partial charge in [0.05, 0.1) is 5.69 Å². The monoisotopic (exact) mass is 726 g/mol. The third-order valence-corrected chi connectivity index (χ3v) is 12.8. The van der Waals surface area contributed by atoms with E-state index in [4.69, 9.17) is 4.42 Å². The molecule has 0 saturated heterocycles. The van der Waals surface area contributed by atoms with Crippen LogP contribution in [0.4, 0.5) is 28.4 Å². The first kappa shape index (κ1) is 31.2. The molecule has 57 heavy (non-hydrogen) atoms. The summed E-state index contributed by atoms with van der Waals surface area (Å²) in [7, 11) is 0. The van der Waals surface area contributed by atoms with E-state index in [0.717, 1.165) is 33.3 Å². The fraction of sp³-hybridized carbons (Fsp3) is 0.0566. The molecule has 0 spiro atoms. The van der Waals surface area contributed by atoms with Gasteiger partial charge in [0.15, 0.2) is 5.58 Å². The maximum atomic E-state index is 6.74. The lowest BCUT2D eigenvalue weighted by Crippen LogP contribution is -2.61. The number of rotatable bonds is 4. The number of hydrogen-bond donors (Lipinski definition) is 0. The summed E-state index contributed by atoms with van der Waals surface area (Å²) in [6.45, 7) is -0.109. The van der Waals surface area contributed by atoms with Crippen molar-refractivity contribution < 1.29 is 4.42 Å². The topological polar surface area (TPSA) is 19.6 Å². The van der Waals surface area contributed by atoms with Crippen molar-refractivity contribution in [3.63, 3.8) is 0 Å². The van der Waals surface area contributed by atoms with Crippen molar-refractivity contribution in [2.45, 2.75) is 18.8 Å². The SMILES string of the molecule is c1ccc2c(c1)B1c3c(cccc3N2c2cccc3c2oc2ccccc23)-c2ccccc2N1c1c(-c2ccc(C3CC3)cc2)c2ccccc2c2ccccc12. The Morgan fingerprint density at radius 2 is 1.05 bits per heavy atom. The Hall–Kier alpha value is -7.04. The molecular formula is C53H35BN2O. The number of anilines is 5. The van der Waals surface area contributed by atoms with Crippen LogP contribution in [-0.4, -0.2) is 6.85 Å². The summed E-state index contributed by atoms with van der Waals surface area (Å²) in [5.74, 6) is 0.697. The van der Waals surface area contributed by atoms with Crippen molar-refractivity contribution in [2.24, 2.45) is 0 Å². The zero-order valence-electron chi connectivity index (χ0n) is 31.2. The Morgan fingerprint density at radius 3 is 1.88 bits per heavy atom. The first-order valence-corrected chi connectivity index (χ1v) is 20.2. The molecule has 1 aliphatic carbocycles. The number of nitrogens with zero attached hydrogens (tertiary/aromatic N) is 2. The molecule has 10 aromatic rings. The van der Waals surface area contributed by atoms with E-state index in [2.05, 4.69) is 192 Å². The Kier molecular flexibility index (Phi) is 6.42. The molecule has 0 N–H and O–H groups in total. The lowest BCUT2D eigenvalue weighted by Gasteiger charge is -2.46. The molecular weight excluding hydrogens is 691 g/mol. The van der Waals surface area contributed by atoms with Crippen LogP contribution in [-0.2, 0) is 0 Å². The quantitative estimate of drug-likeness (QED) is 0.133. The molecule has 3 aliphatic rings. The number of para-hydroxylation sites is 4. The molecule has 0 amide bonds. The highest BCUT2D eigenvalue weighted by Gasteiger charge is 2.46. The van der Waals surface area contributed by atoms with Gasteiger partial charge in [-0.3, -0.25) is 0 Å². The van der Waals surface area contributed by atoms with Crippen LogP contribution in [0, 0.1) is 0 Å². The smallest absolute Gasteiger partial charge is 0.333 e. The Morgan fingerprint density at radius 1 is 0.456 bits per heavy atom. The van der Waals surface area contributed by atoms with Crippen molar-refractivity contribution in [3.05, 3.63) is 188 Å². The maximum Gasteiger partial charge on any atom is 0.333 e. The van der Waals surface area contributed by atoms with Crippen molar-refractivity contribution in [3.8, 4) is 22.3 Å². The first-order chi connectivity index (χ1) is 28.3. The van der Waals surface area contributed by atoms with E-state index in [1.807, 2.05) is 0 Å². The van der Waals surface area contributed by atoms with E-state index in [9.17, 15) is 0 Å². The van der Waals surface area contributed by atoms with Crippen molar-refractivity contribution in [1.29, 1.82) is 0 Å². The minimum absolute atomic E-state index is 0.109. The molecule has 1 aromatic heterocycles. The fourth-order valence-electron chi connectivity index (χ4n) is 10.2. The Balaban J connectivity index is 1.15. The van der Waals surface area contributed by atoms with Gasteiger partial charge in [-0.1, -0.05) is 152 Å². The van der Waals surface area contributed by atoms with Gasteiger partial charge in [-0.05, 0) is 92.9 Å². The van der Waals surface area contributed by atoms with E-state index < -0.39 is 0 Å². The fourth-order valence-corrected chi connectivity index (χ4v) is 10.2. The molecule has 4 heteroatoms. The van der Waals surface area contributed by atoms with Crippen LogP contribution in [0.2, 0.25) is 0 Å². The van der Waals surface area contributed by atoms with Gasteiger partial charge in [-0.15, -0.1) is 0 Å². The van der Waals surface area contributed by atoms with Gasteiger partial charge in [-0.2, -0.15) is 0 Å². The summed E-state index contributed by atoms with van der Waals surface area (Å²) >= 11 is 0. The molecule has 0 bridgehead atoms. The summed E-state index contributed by atoms with van der Waals surface area (Å²) in [5.41, 5.74) is 16.7. The average Bonchev–Trinajstić information content (AvgIpc) is 4.06. The molecule has 266 valence electrons. The Bertz CT molecular complexity index is 3290. The van der Waals surface area contributed by atoms with Gasteiger partial charge in [0.1, 0.15) is 5.58 Å². The minimum atomic E-state index is -0.109. The second-order valence-corrected chi connectivity index (χ2v) is 15.9. The predicted molar refractivity (Wildman–Crippen MR) is 240 cm³/mol. The number of furan rings is 1. The summed E-state index contributed by atoms with van der Waals surface area (Å²) in [6.07, 6.45) is 2.58. The maximum absolute atomic E-state index is 6.74. The van der Waals surface area contributed by atoms with E-state index in [1.165, 1.54) is 90.2 Å². The van der Waals surface area contributed by atoms with Gasteiger partial charge >= 0.3 is 6.85 Å². The highest BCUT2D eigenvalue weighted by molar-refractivity contribution is 6.94. The zero-order valence-corrected chi connectivity index (χ0v) is 31.2. The third kappa shape index (κ3) is 4.38. The number of fused-ring (bicyclic) bond motifs is 10. The van der Waals surface area contributed by atoms with Crippen LogP contribution >= 0.6 is 0 Å². The molecule has 13 rings (SSSR count). The number of hydrogen-bond acceptors (Lipinski definition) is 3. The molecule has 1 fully saturated rings. The van der Waals surface area contributed by atoms with Gasteiger partial charge in [0.25, 0.3) is 0 Å². The predicted octanol–water partition coefficient (Wildman–Crippen LogP) is 13.1. The van der Waals surface area contributed by atoms with Gasteiger partial charge < -0.3 is 14.1 Å². The van der Waals surface area contributed by atoms with E-state index >= 15 is 0 Å². The largest absolute Gasteiger partial charge is 0.454 e. The lowest BCUT2D eigenvalue weighted by molar-refractivity contribution is 0.669. The van der Waals surface area contributed by atoms with Crippen LogP contribution in [0.15, 0.2) is 186 Å². The van der Waals surface area contributed by atoms with Crippen molar-refractivity contribution >= 4 is 89.7 Å². The summed E-state index contributed by atoms with van der Waals surface area (Å²) in [5, 5.41) is 7.32. The second kappa shape index (κ2) is 11.7. The first-order valence-electron chi connectivity index (χ1n) is 20.2. The van der Waals surface area contributed by atoms with Gasteiger partial charge in [0, 0.05) is 50.0 Å². The van der Waals surface area contributed by atoms with E-state index in [-0.39, 0.29) is 6.85 Å². The average molecular weight is 727 g/mol. The molecule has 3 nitrogen and oxygen atoms in total. The summed E-state index contributed by atoms with van der Waals surface area (Å²) in [4.78, 5) is 5.15. The van der Waals surface area contributed by atoms with E-state index in [1.54, 1.807) is 0 Å². The zero-order chi connectivity index (χ0) is 37.2. The molecule has 1 saturated carbocycles. The summed E-state index contributed by atoms with van der Waals surface area (Å²) in [6, 6.07) is 67.5. The van der Waals surface area contributed by atoms with Gasteiger partial charge in [0.2, 0.25) is 0 Å². The molecule has 0 atom stereocenters. The highest BCUT2D eigenvalue weighted by atomic mass is 16.3. The lowest BCUT2D eigenvalue weighted by atomic mass is 9.43. The number of benzene rings is 9. The second-order valence-electron chi connectivity index (χ2n) is 15.9. The van der Waals surface area contributed by atoms with Gasteiger partial charge in [-0.25, -0.2) is 0 Å². The molecule has 9 aromatic carbocycles. The van der Waals surface area contributed by atoms with Crippen LogP contribution in [0.3, 0.4) is 0 Å². The van der Waals surface area contributed by atoms with Crippen molar-refractivity contribution in [1.82, 2.24) is 0 Å². The van der Waals surface area contributed by atoms with Crippen LogP contribution in [0.25, 0.3) is 65.7 Å². The third-order valence-electron chi connectivity index (χ3n) is 12.8. The van der Waals surface area contributed by atoms with Crippen LogP contribution in [0.1, 0.15) is 24.3 Å². The standard InChI is InChI=1S/C53H35BN2O/c1-3-17-40-36(13-1)37-14-2-4-18-42(37)52(50(40)35-31-29-34(30-32-35)33-27-28-33)56-45-22-8-5-15-38(45)41-19-11-24-47-51(41)54(56)44-21-7-9-23-46(44)55(47)48-25-12-20-43-39-16-6-10-26-49(39)57-53(43)48/h1-26,29-33H,27-28H2. The van der Waals surface area contributed by atoms with Crippen molar-refractivity contribution in [2.75, 3.05) is 9.71 Å². The normalized spacial score (nSPS) is 14.4.